The van der Waals surface area contributed by atoms with Crippen LogP contribution in [-0.2, 0) is 10.2 Å². The molecule has 2 N–H and O–H groups in total. The Hall–Kier alpha value is -0.170. The van der Waals surface area contributed by atoms with Gasteiger partial charge in [-0.2, -0.15) is 12.7 Å². The van der Waals surface area contributed by atoms with E-state index in [4.69, 9.17) is 0 Å². The summed E-state index contributed by atoms with van der Waals surface area (Å²) < 4.78 is 26.9. The van der Waals surface area contributed by atoms with Crippen molar-refractivity contribution >= 4 is 10.2 Å². The molecule has 0 bridgehead atoms. The topological polar surface area (TPSA) is 61.4 Å². The third kappa shape index (κ3) is 4.01. The van der Waals surface area contributed by atoms with Crippen molar-refractivity contribution in [1.29, 1.82) is 0 Å². The van der Waals surface area contributed by atoms with Crippen LogP contribution in [0.25, 0.3) is 0 Å². The molecule has 0 atom stereocenters. The number of nitrogens with one attached hydrogen (secondary N) is 2. The van der Waals surface area contributed by atoms with Gasteiger partial charge in [-0.15, -0.1) is 0 Å². The van der Waals surface area contributed by atoms with E-state index < -0.39 is 10.2 Å². The lowest BCUT2D eigenvalue weighted by molar-refractivity contribution is 0.266. The van der Waals surface area contributed by atoms with Crippen molar-refractivity contribution in [2.24, 2.45) is 5.92 Å². The third-order valence-electron chi connectivity index (χ3n) is 3.03. The Balaban J connectivity index is 2.29. The number of hydrogen-bond acceptors (Lipinski definition) is 3. The maximum atomic E-state index is 11.5. The van der Waals surface area contributed by atoms with Crippen LogP contribution in [0.2, 0.25) is 0 Å². The molecular formula is C10H23N3O2S. The molecule has 0 unspecified atom stereocenters. The minimum absolute atomic E-state index is 0.620. The Labute approximate surface area is 98.8 Å². The zero-order valence-corrected chi connectivity index (χ0v) is 11.0. The summed E-state index contributed by atoms with van der Waals surface area (Å²) in [7, 11) is -1.74. The molecule has 1 heterocycles. The lowest BCUT2D eigenvalue weighted by Gasteiger charge is -2.30. The van der Waals surface area contributed by atoms with Crippen LogP contribution >= 0.6 is 0 Å². The molecule has 1 fully saturated rings. The van der Waals surface area contributed by atoms with Gasteiger partial charge in [0.1, 0.15) is 0 Å². The average Bonchev–Trinajstić information content (AvgIpc) is 2.30. The highest BCUT2D eigenvalue weighted by Crippen LogP contribution is 2.18. The van der Waals surface area contributed by atoms with Crippen LogP contribution in [0.3, 0.4) is 0 Å². The summed E-state index contributed by atoms with van der Waals surface area (Å²) in [4.78, 5) is 0. The summed E-state index contributed by atoms with van der Waals surface area (Å²) in [5.41, 5.74) is 0. The van der Waals surface area contributed by atoms with E-state index in [-0.39, 0.29) is 0 Å². The first-order chi connectivity index (χ1) is 7.60. The van der Waals surface area contributed by atoms with Gasteiger partial charge in [-0.25, -0.2) is 4.72 Å². The van der Waals surface area contributed by atoms with Crippen molar-refractivity contribution in [2.45, 2.75) is 26.2 Å². The monoisotopic (exact) mass is 249 g/mol. The van der Waals surface area contributed by atoms with E-state index in [9.17, 15) is 8.42 Å². The van der Waals surface area contributed by atoms with Crippen LogP contribution in [0.5, 0.6) is 0 Å². The molecule has 1 aliphatic heterocycles. The highest BCUT2D eigenvalue weighted by atomic mass is 32.2. The molecule has 0 aromatic heterocycles. The summed E-state index contributed by atoms with van der Waals surface area (Å²) in [5, 5.41) is 3.39. The zero-order chi connectivity index (χ0) is 12.0. The van der Waals surface area contributed by atoms with Gasteiger partial charge in [0.15, 0.2) is 0 Å². The van der Waals surface area contributed by atoms with E-state index in [1.807, 2.05) is 0 Å². The molecule has 0 aromatic carbocycles. The highest BCUT2D eigenvalue weighted by molar-refractivity contribution is 7.87. The first-order valence-electron chi connectivity index (χ1n) is 5.99. The third-order valence-corrected chi connectivity index (χ3v) is 4.59. The highest BCUT2D eigenvalue weighted by Gasteiger charge is 2.26. The average molecular weight is 249 g/mol. The van der Waals surface area contributed by atoms with Gasteiger partial charge in [0.25, 0.3) is 10.2 Å². The van der Waals surface area contributed by atoms with Gasteiger partial charge in [0.05, 0.1) is 0 Å². The number of nitrogens with zero attached hydrogens (tertiary/aromatic N) is 1. The Bertz CT molecular complexity index is 284. The van der Waals surface area contributed by atoms with Gasteiger partial charge in [-0.1, -0.05) is 6.92 Å². The van der Waals surface area contributed by atoms with Gasteiger partial charge in [-0.3, -0.25) is 0 Å². The molecule has 0 radical (unpaired) electrons. The van der Waals surface area contributed by atoms with Gasteiger partial charge in [-0.05, 0) is 38.3 Å². The Morgan fingerprint density at radius 1 is 1.31 bits per heavy atom. The van der Waals surface area contributed by atoms with E-state index in [0.29, 0.717) is 19.0 Å². The molecule has 0 spiro atoms. The van der Waals surface area contributed by atoms with Crippen LogP contribution in [-0.4, -0.2) is 45.9 Å². The molecule has 6 heteroatoms. The van der Waals surface area contributed by atoms with Gasteiger partial charge in [0, 0.05) is 20.1 Å². The van der Waals surface area contributed by atoms with Gasteiger partial charge >= 0.3 is 0 Å². The van der Waals surface area contributed by atoms with E-state index in [1.165, 1.54) is 11.4 Å². The molecule has 0 aliphatic carbocycles. The van der Waals surface area contributed by atoms with Gasteiger partial charge < -0.3 is 5.32 Å². The summed E-state index contributed by atoms with van der Waals surface area (Å²) in [6.45, 7) is 5.49. The fourth-order valence-corrected chi connectivity index (χ4v) is 2.92. The zero-order valence-electron chi connectivity index (χ0n) is 10.2. The Kier molecular flexibility index (Phi) is 5.68. The van der Waals surface area contributed by atoms with E-state index in [1.54, 1.807) is 0 Å². The Morgan fingerprint density at radius 2 is 1.94 bits per heavy atom. The summed E-state index contributed by atoms with van der Waals surface area (Å²) in [6, 6.07) is 0. The fraction of sp³-hybridized carbons (Fsp3) is 1.00. The second-order valence-corrected chi connectivity index (χ2v) is 6.13. The predicted octanol–water partition coefficient (Wildman–Crippen LogP) is 0.162. The van der Waals surface area contributed by atoms with E-state index >= 15 is 0 Å². The van der Waals surface area contributed by atoms with Crippen LogP contribution in [0, 0.1) is 5.92 Å². The summed E-state index contributed by atoms with van der Waals surface area (Å²) in [6.07, 6.45) is 3.06. The van der Waals surface area contributed by atoms with Crippen molar-refractivity contribution in [3.8, 4) is 0 Å². The molecular weight excluding hydrogens is 226 g/mol. The van der Waals surface area contributed by atoms with Crippen molar-refractivity contribution in [3.63, 3.8) is 0 Å². The number of hydrogen-bond donors (Lipinski definition) is 2. The van der Waals surface area contributed by atoms with Crippen molar-refractivity contribution in [1.82, 2.24) is 14.3 Å². The summed E-state index contributed by atoms with van der Waals surface area (Å²) >= 11 is 0. The fourth-order valence-electron chi connectivity index (χ4n) is 1.97. The minimum atomic E-state index is -3.21. The first-order valence-corrected chi connectivity index (χ1v) is 7.43. The lowest BCUT2D eigenvalue weighted by atomic mass is 9.98. The SMILES string of the molecule is CCCNCC1CCN(S(=O)(=O)NC)CC1. The molecule has 16 heavy (non-hydrogen) atoms. The van der Waals surface area contributed by atoms with E-state index in [0.717, 1.165) is 32.4 Å². The number of piperidine rings is 1. The van der Waals surface area contributed by atoms with Crippen molar-refractivity contribution in [2.75, 3.05) is 33.2 Å². The molecule has 1 aliphatic rings. The maximum Gasteiger partial charge on any atom is 0.279 e. The molecule has 1 saturated heterocycles. The molecule has 5 nitrogen and oxygen atoms in total. The second kappa shape index (κ2) is 6.54. The molecule has 0 saturated carbocycles. The molecule has 0 amide bonds. The minimum Gasteiger partial charge on any atom is -0.316 e. The normalized spacial score (nSPS) is 20.1. The molecule has 1 rings (SSSR count). The smallest absolute Gasteiger partial charge is 0.279 e. The van der Waals surface area contributed by atoms with Gasteiger partial charge in [0.2, 0.25) is 0 Å². The van der Waals surface area contributed by atoms with Crippen molar-refractivity contribution in [3.05, 3.63) is 0 Å². The Morgan fingerprint density at radius 3 is 2.44 bits per heavy atom. The molecule has 96 valence electrons. The van der Waals surface area contributed by atoms with Crippen LogP contribution in [0.15, 0.2) is 0 Å². The molecule has 0 aromatic rings. The first kappa shape index (κ1) is 13.9. The second-order valence-electron chi connectivity index (χ2n) is 4.26. The van der Waals surface area contributed by atoms with Crippen LogP contribution in [0.4, 0.5) is 0 Å². The number of rotatable bonds is 6. The lowest BCUT2D eigenvalue weighted by Crippen LogP contribution is -2.45. The largest absolute Gasteiger partial charge is 0.316 e. The quantitative estimate of drug-likeness (QED) is 0.659. The maximum absolute atomic E-state index is 11.5. The summed E-state index contributed by atoms with van der Waals surface area (Å²) in [5.74, 6) is 0.620. The van der Waals surface area contributed by atoms with Crippen LogP contribution < -0.4 is 10.0 Å². The van der Waals surface area contributed by atoms with Crippen LogP contribution in [0.1, 0.15) is 26.2 Å². The predicted molar refractivity (Wildman–Crippen MR) is 65.4 cm³/mol. The van der Waals surface area contributed by atoms with E-state index in [2.05, 4.69) is 17.0 Å². The van der Waals surface area contributed by atoms with Crippen molar-refractivity contribution < 1.29 is 8.42 Å². The standard InChI is InChI=1S/C10H23N3O2S/c1-3-6-12-9-10-4-7-13(8-5-10)16(14,15)11-2/h10-12H,3-9H2,1-2H3.